The summed E-state index contributed by atoms with van der Waals surface area (Å²) in [5.74, 6) is -2.60. The van der Waals surface area contributed by atoms with E-state index < -0.39 is 29.5 Å². The summed E-state index contributed by atoms with van der Waals surface area (Å²) in [6.45, 7) is 1.55. The SMILES string of the molecule is Cc1cc(CC(=O)O)c(C(=O)O)c(=O)[nH]1. The number of aromatic nitrogens is 1. The third-order valence-corrected chi connectivity index (χ3v) is 1.81. The second-order valence-electron chi connectivity index (χ2n) is 3.06. The summed E-state index contributed by atoms with van der Waals surface area (Å²) < 4.78 is 0. The highest BCUT2D eigenvalue weighted by Gasteiger charge is 2.17. The van der Waals surface area contributed by atoms with Gasteiger partial charge in [-0.05, 0) is 18.6 Å². The molecule has 1 heterocycles. The molecule has 1 aromatic rings. The molecule has 0 aliphatic carbocycles. The number of pyridine rings is 1. The Kier molecular flexibility index (Phi) is 2.89. The summed E-state index contributed by atoms with van der Waals surface area (Å²) in [5.41, 5.74) is -0.848. The van der Waals surface area contributed by atoms with Crippen LogP contribution in [0.15, 0.2) is 10.9 Å². The van der Waals surface area contributed by atoms with E-state index in [-0.39, 0.29) is 5.56 Å². The van der Waals surface area contributed by atoms with Crippen molar-refractivity contribution in [3.05, 3.63) is 33.2 Å². The Hall–Kier alpha value is -2.11. The number of aryl methyl sites for hydroxylation is 1. The number of aromatic amines is 1. The fourth-order valence-electron chi connectivity index (χ4n) is 1.29. The number of carbonyl (C=O) groups is 2. The van der Waals surface area contributed by atoms with Gasteiger partial charge in [0, 0.05) is 5.69 Å². The molecule has 0 bridgehead atoms. The summed E-state index contributed by atoms with van der Waals surface area (Å²) in [5, 5.41) is 17.3. The van der Waals surface area contributed by atoms with Gasteiger partial charge in [0.25, 0.3) is 5.56 Å². The lowest BCUT2D eigenvalue weighted by Crippen LogP contribution is -2.22. The van der Waals surface area contributed by atoms with Crippen LogP contribution in [0.3, 0.4) is 0 Å². The molecule has 1 rings (SSSR count). The minimum atomic E-state index is -1.42. The lowest BCUT2D eigenvalue weighted by Gasteiger charge is -2.03. The van der Waals surface area contributed by atoms with E-state index in [9.17, 15) is 14.4 Å². The van der Waals surface area contributed by atoms with Crippen molar-refractivity contribution < 1.29 is 19.8 Å². The lowest BCUT2D eigenvalue weighted by atomic mass is 10.1. The summed E-state index contributed by atoms with van der Waals surface area (Å²) in [7, 11) is 0. The van der Waals surface area contributed by atoms with Gasteiger partial charge >= 0.3 is 11.9 Å². The third kappa shape index (κ3) is 2.43. The molecule has 0 radical (unpaired) electrons. The van der Waals surface area contributed by atoms with Gasteiger partial charge in [-0.1, -0.05) is 0 Å². The molecule has 3 N–H and O–H groups in total. The molecule has 6 heteroatoms. The molecule has 0 saturated heterocycles. The van der Waals surface area contributed by atoms with Gasteiger partial charge in [0.05, 0.1) is 6.42 Å². The number of aromatic carboxylic acids is 1. The Labute approximate surface area is 84.2 Å². The fraction of sp³-hybridized carbons (Fsp3) is 0.222. The first kappa shape index (κ1) is 11.0. The van der Waals surface area contributed by atoms with Gasteiger partial charge in [-0.3, -0.25) is 9.59 Å². The van der Waals surface area contributed by atoms with Gasteiger partial charge < -0.3 is 15.2 Å². The smallest absolute Gasteiger partial charge is 0.341 e. The molecule has 0 saturated carbocycles. The van der Waals surface area contributed by atoms with E-state index in [2.05, 4.69) is 4.98 Å². The van der Waals surface area contributed by atoms with Crippen LogP contribution in [0.25, 0.3) is 0 Å². The van der Waals surface area contributed by atoms with Crippen molar-refractivity contribution in [3.8, 4) is 0 Å². The van der Waals surface area contributed by atoms with Crippen LogP contribution in [-0.4, -0.2) is 27.1 Å². The van der Waals surface area contributed by atoms with Crippen molar-refractivity contribution >= 4 is 11.9 Å². The standard InChI is InChI=1S/C9H9NO5/c1-4-2-5(3-6(11)12)7(9(14)15)8(13)10-4/h2H,3H2,1H3,(H,10,13)(H,11,12)(H,14,15). The highest BCUT2D eigenvalue weighted by molar-refractivity contribution is 5.90. The highest BCUT2D eigenvalue weighted by atomic mass is 16.4. The first-order chi connectivity index (χ1) is 6.91. The fourth-order valence-corrected chi connectivity index (χ4v) is 1.29. The zero-order chi connectivity index (χ0) is 11.6. The molecule has 0 fully saturated rings. The van der Waals surface area contributed by atoms with Crippen LogP contribution in [0.5, 0.6) is 0 Å². The van der Waals surface area contributed by atoms with Crippen molar-refractivity contribution in [2.75, 3.05) is 0 Å². The highest BCUT2D eigenvalue weighted by Crippen LogP contribution is 2.06. The minimum Gasteiger partial charge on any atom is -0.481 e. The minimum absolute atomic E-state index is 0.0104. The van der Waals surface area contributed by atoms with Crippen molar-refractivity contribution in [1.82, 2.24) is 4.98 Å². The van der Waals surface area contributed by atoms with E-state index in [0.29, 0.717) is 5.69 Å². The Bertz CT molecular complexity index is 474. The molecule has 0 spiro atoms. The first-order valence-corrected chi connectivity index (χ1v) is 4.09. The Balaban J connectivity index is 3.40. The van der Waals surface area contributed by atoms with Crippen molar-refractivity contribution in [3.63, 3.8) is 0 Å². The van der Waals surface area contributed by atoms with Gasteiger partial charge in [0.1, 0.15) is 5.56 Å². The Morgan fingerprint density at radius 2 is 2.00 bits per heavy atom. The summed E-state index contributed by atoms with van der Waals surface area (Å²) in [4.78, 5) is 34.7. The first-order valence-electron chi connectivity index (χ1n) is 4.09. The summed E-state index contributed by atoms with van der Waals surface area (Å²) in [6.07, 6.45) is -0.480. The summed E-state index contributed by atoms with van der Waals surface area (Å²) in [6, 6.07) is 1.35. The van der Waals surface area contributed by atoms with Crippen LogP contribution in [0.4, 0.5) is 0 Å². The molecule has 0 aliphatic rings. The van der Waals surface area contributed by atoms with Crippen LogP contribution in [-0.2, 0) is 11.2 Å². The number of H-pyrrole nitrogens is 1. The molecule has 80 valence electrons. The molecular weight excluding hydrogens is 202 g/mol. The van der Waals surface area contributed by atoms with E-state index in [1.54, 1.807) is 6.92 Å². The maximum Gasteiger partial charge on any atom is 0.341 e. The molecule has 6 nitrogen and oxygen atoms in total. The molecule has 0 aliphatic heterocycles. The van der Waals surface area contributed by atoms with Gasteiger partial charge in [0.2, 0.25) is 0 Å². The number of carboxylic acid groups (broad SMARTS) is 2. The number of hydrogen-bond acceptors (Lipinski definition) is 3. The number of carboxylic acids is 2. The molecule has 0 unspecified atom stereocenters. The predicted octanol–water partition coefficient (Wildman–Crippen LogP) is 0.00862. The van der Waals surface area contributed by atoms with Gasteiger partial charge in [0.15, 0.2) is 0 Å². The second kappa shape index (κ2) is 3.95. The Morgan fingerprint density at radius 1 is 1.40 bits per heavy atom. The quantitative estimate of drug-likeness (QED) is 0.652. The molecule has 15 heavy (non-hydrogen) atoms. The van der Waals surface area contributed by atoms with Crippen molar-refractivity contribution in [2.45, 2.75) is 13.3 Å². The topological polar surface area (TPSA) is 107 Å². The van der Waals surface area contributed by atoms with E-state index >= 15 is 0 Å². The number of aliphatic carboxylic acids is 1. The van der Waals surface area contributed by atoms with Crippen molar-refractivity contribution in [1.29, 1.82) is 0 Å². The zero-order valence-electron chi connectivity index (χ0n) is 7.90. The van der Waals surface area contributed by atoms with Crippen molar-refractivity contribution in [2.24, 2.45) is 0 Å². The zero-order valence-corrected chi connectivity index (χ0v) is 7.90. The predicted molar refractivity (Wildman–Crippen MR) is 50.1 cm³/mol. The van der Waals surface area contributed by atoms with Crippen LogP contribution < -0.4 is 5.56 Å². The number of nitrogens with one attached hydrogen (secondary N) is 1. The molecule has 1 aromatic heterocycles. The average molecular weight is 211 g/mol. The van der Waals surface area contributed by atoms with E-state index in [0.717, 1.165) is 0 Å². The van der Waals surface area contributed by atoms with Gasteiger partial charge in [-0.2, -0.15) is 0 Å². The summed E-state index contributed by atoms with van der Waals surface area (Å²) >= 11 is 0. The van der Waals surface area contributed by atoms with Gasteiger partial charge in [-0.15, -0.1) is 0 Å². The largest absolute Gasteiger partial charge is 0.481 e. The van der Waals surface area contributed by atoms with Crippen LogP contribution in [0, 0.1) is 6.92 Å². The Morgan fingerprint density at radius 3 is 2.47 bits per heavy atom. The van der Waals surface area contributed by atoms with E-state index in [4.69, 9.17) is 10.2 Å². The van der Waals surface area contributed by atoms with Crippen LogP contribution in [0.2, 0.25) is 0 Å². The number of hydrogen-bond donors (Lipinski definition) is 3. The monoisotopic (exact) mass is 211 g/mol. The second-order valence-corrected chi connectivity index (χ2v) is 3.06. The lowest BCUT2D eigenvalue weighted by molar-refractivity contribution is -0.136. The van der Waals surface area contributed by atoms with E-state index in [1.165, 1.54) is 6.07 Å². The molecule has 0 aromatic carbocycles. The molecular formula is C9H9NO5. The van der Waals surface area contributed by atoms with E-state index in [1.807, 2.05) is 0 Å². The van der Waals surface area contributed by atoms with Gasteiger partial charge in [-0.25, -0.2) is 4.79 Å². The maximum absolute atomic E-state index is 11.3. The molecule has 0 atom stereocenters. The third-order valence-electron chi connectivity index (χ3n) is 1.81. The average Bonchev–Trinajstić information content (AvgIpc) is 1.99. The van der Waals surface area contributed by atoms with Crippen LogP contribution >= 0.6 is 0 Å². The number of rotatable bonds is 3. The normalized spacial score (nSPS) is 9.93. The maximum atomic E-state index is 11.3. The molecule has 0 amide bonds. The van der Waals surface area contributed by atoms with Crippen LogP contribution in [0.1, 0.15) is 21.6 Å².